The molecule has 1 aromatic rings. The number of rotatable bonds is 6. The van der Waals surface area contributed by atoms with Gasteiger partial charge in [0.25, 0.3) is 0 Å². The first-order valence-electron chi connectivity index (χ1n) is 5.50. The lowest BCUT2D eigenvalue weighted by Gasteiger charge is -2.12. The molecule has 0 aliphatic rings. The first-order valence-corrected chi connectivity index (χ1v) is 7.16. The van der Waals surface area contributed by atoms with Crippen molar-refractivity contribution in [3.8, 4) is 0 Å². The van der Waals surface area contributed by atoms with Crippen molar-refractivity contribution in [1.82, 2.24) is 0 Å². The summed E-state index contributed by atoms with van der Waals surface area (Å²) < 4.78 is 24.1. The highest BCUT2D eigenvalue weighted by Gasteiger charge is 2.19. The minimum atomic E-state index is -3.32. The molecular weight excluding hydrogens is 236 g/mol. The number of aliphatic hydroxyl groups is 1. The second-order valence-electron chi connectivity index (χ2n) is 4.17. The molecule has 0 aromatic heterocycles. The summed E-state index contributed by atoms with van der Waals surface area (Å²) in [6.45, 7) is 5.32. The molecule has 0 bridgehead atoms. The van der Waals surface area contributed by atoms with Crippen molar-refractivity contribution in [3.63, 3.8) is 0 Å². The Morgan fingerprint density at radius 1 is 1.35 bits per heavy atom. The van der Waals surface area contributed by atoms with Gasteiger partial charge in [-0.3, -0.25) is 0 Å². The van der Waals surface area contributed by atoms with Gasteiger partial charge in [0.1, 0.15) is 0 Å². The lowest BCUT2D eigenvalue weighted by Crippen LogP contribution is -2.19. The van der Waals surface area contributed by atoms with Crippen molar-refractivity contribution < 1.29 is 13.5 Å². The molecule has 1 atom stereocenters. The third-order valence-corrected chi connectivity index (χ3v) is 4.49. The van der Waals surface area contributed by atoms with E-state index in [9.17, 15) is 8.42 Å². The Balaban J connectivity index is 2.87. The normalized spacial score (nSPS) is 13.3. The second kappa shape index (κ2) is 5.98. The lowest BCUT2D eigenvalue weighted by atomic mass is 10.1. The van der Waals surface area contributed by atoms with Crippen LogP contribution in [-0.2, 0) is 9.84 Å². The van der Waals surface area contributed by atoms with Crippen molar-refractivity contribution in [3.05, 3.63) is 42.5 Å². The molecule has 0 radical (unpaired) electrons. The molecule has 0 amide bonds. The van der Waals surface area contributed by atoms with E-state index in [2.05, 4.69) is 6.58 Å². The molecule has 1 N–H and O–H groups in total. The summed E-state index contributed by atoms with van der Waals surface area (Å²) in [5.74, 6) is -0.322. The molecule has 0 saturated heterocycles. The summed E-state index contributed by atoms with van der Waals surface area (Å²) in [5, 5.41) is 9.10. The van der Waals surface area contributed by atoms with Gasteiger partial charge < -0.3 is 5.11 Å². The largest absolute Gasteiger partial charge is 0.396 e. The maximum Gasteiger partial charge on any atom is 0.178 e. The topological polar surface area (TPSA) is 54.4 Å². The molecule has 1 unspecified atom stereocenters. The molecular formula is C13H18O3S. The standard InChI is InChI=1S/C13H18O3S/c1-3-4-12(9-14)10-17(15,16)13-7-5-11(2)6-8-13/h3,5-8,12,14H,1,4,9-10H2,2H3. The molecule has 4 heteroatoms. The van der Waals surface area contributed by atoms with E-state index in [4.69, 9.17) is 5.11 Å². The van der Waals surface area contributed by atoms with Crippen LogP contribution >= 0.6 is 0 Å². The van der Waals surface area contributed by atoms with Gasteiger partial charge in [0.2, 0.25) is 0 Å². The quantitative estimate of drug-likeness (QED) is 0.789. The van der Waals surface area contributed by atoms with Crippen LogP contribution in [0.15, 0.2) is 41.8 Å². The Morgan fingerprint density at radius 3 is 2.41 bits per heavy atom. The van der Waals surface area contributed by atoms with Gasteiger partial charge in [-0.25, -0.2) is 8.42 Å². The van der Waals surface area contributed by atoms with Crippen molar-refractivity contribution in [1.29, 1.82) is 0 Å². The van der Waals surface area contributed by atoms with Gasteiger partial charge in [0.05, 0.1) is 10.6 Å². The minimum Gasteiger partial charge on any atom is -0.396 e. The molecule has 1 aromatic carbocycles. The first-order chi connectivity index (χ1) is 7.99. The number of hydrogen-bond acceptors (Lipinski definition) is 3. The Morgan fingerprint density at radius 2 is 1.94 bits per heavy atom. The van der Waals surface area contributed by atoms with E-state index >= 15 is 0 Å². The number of benzene rings is 1. The van der Waals surface area contributed by atoms with Crippen LogP contribution in [0.3, 0.4) is 0 Å². The zero-order valence-corrected chi connectivity index (χ0v) is 10.8. The average Bonchev–Trinajstić information content (AvgIpc) is 2.28. The predicted octanol–water partition coefficient (Wildman–Crippen LogP) is 1.95. The van der Waals surface area contributed by atoms with Crippen LogP contribution in [0, 0.1) is 12.8 Å². The second-order valence-corrected chi connectivity index (χ2v) is 6.20. The van der Waals surface area contributed by atoms with Crippen LogP contribution in [0.4, 0.5) is 0 Å². The number of allylic oxidation sites excluding steroid dienone is 1. The molecule has 0 fully saturated rings. The highest BCUT2D eigenvalue weighted by molar-refractivity contribution is 7.91. The van der Waals surface area contributed by atoms with Crippen molar-refractivity contribution >= 4 is 9.84 Å². The molecule has 0 saturated carbocycles. The van der Waals surface area contributed by atoms with Gasteiger partial charge in [-0.05, 0) is 31.4 Å². The van der Waals surface area contributed by atoms with Gasteiger partial charge in [-0.1, -0.05) is 23.8 Å². The number of sulfone groups is 1. The Hall–Kier alpha value is -1.13. The van der Waals surface area contributed by atoms with Crippen molar-refractivity contribution in [2.24, 2.45) is 5.92 Å². The van der Waals surface area contributed by atoms with Crippen LogP contribution < -0.4 is 0 Å². The highest BCUT2D eigenvalue weighted by Crippen LogP contribution is 2.16. The number of aliphatic hydroxyl groups excluding tert-OH is 1. The zero-order chi connectivity index (χ0) is 12.9. The Kier molecular flexibility index (Phi) is 4.90. The van der Waals surface area contributed by atoms with Crippen LogP contribution in [0.25, 0.3) is 0 Å². The fraction of sp³-hybridized carbons (Fsp3) is 0.385. The molecule has 1 rings (SSSR count). The van der Waals surface area contributed by atoms with Crippen LogP contribution in [0.1, 0.15) is 12.0 Å². The summed E-state index contributed by atoms with van der Waals surface area (Å²) in [7, 11) is -3.32. The van der Waals surface area contributed by atoms with Gasteiger partial charge >= 0.3 is 0 Å². The Bertz CT molecular complexity index is 460. The van der Waals surface area contributed by atoms with Crippen LogP contribution in [0.2, 0.25) is 0 Å². The molecule has 0 aliphatic carbocycles. The van der Waals surface area contributed by atoms with Crippen LogP contribution in [0.5, 0.6) is 0 Å². The molecule has 94 valence electrons. The average molecular weight is 254 g/mol. The minimum absolute atomic E-state index is 0.0431. The molecule has 3 nitrogen and oxygen atoms in total. The van der Waals surface area contributed by atoms with E-state index in [1.165, 1.54) is 0 Å². The van der Waals surface area contributed by atoms with E-state index in [-0.39, 0.29) is 18.3 Å². The van der Waals surface area contributed by atoms with Crippen molar-refractivity contribution in [2.75, 3.05) is 12.4 Å². The SMILES string of the molecule is C=CCC(CO)CS(=O)(=O)c1ccc(C)cc1. The summed E-state index contributed by atoms with van der Waals surface area (Å²) in [6, 6.07) is 6.75. The molecule has 0 heterocycles. The third-order valence-electron chi connectivity index (χ3n) is 2.59. The molecule has 17 heavy (non-hydrogen) atoms. The van der Waals surface area contributed by atoms with E-state index < -0.39 is 9.84 Å². The first kappa shape index (κ1) is 13.9. The predicted molar refractivity (Wildman–Crippen MR) is 68.6 cm³/mol. The maximum absolute atomic E-state index is 12.0. The fourth-order valence-corrected chi connectivity index (χ4v) is 3.19. The van der Waals surface area contributed by atoms with E-state index in [1.54, 1.807) is 30.3 Å². The van der Waals surface area contributed by atoms with E-state index in [0.29, 0.717) is 11.3 Å². The van der Waals surface area contributed by atoms with E-state index in [1.807, 2.05) is 6.92 Å². The molecule has 0 spiro atoms. The Labute approximate surface area is 103 Å². The van der Waals surface area contributed by atoms with Crippen molar-refractivity contribution in [2.45, 2.75) is 18.2 Å². The van der Waals surface area contributed by atoms with Gasteiger partial charge in [0, 0.05) is 6.61 Å². The summed E-state index contributed by atoms with van der Waals surface area (Å²) in [6.07, 6.45) is 2.13. The summed E-state index contributed by atoms with van der Waals surface area (Å²) in [4.78, 5) is 0.311. The smallest absolute Gasteiger partial charge is 0.178 e. The third kappa shape index (κ3) is 3.98. The lowest BCUT2D eigenvalue weighted by molar-refractivity contribution is 0.240. The van der Waals surface area contributed by atoms with Crippen LogP contribution in [-0.4, -0.2) is 25.9 Å². The zero-order valence-electron chi connectivity index (χ0n) is 9.96. The summed E-state index contributed by atoms with van der Waals surface area (Å²) in [5.41, 5.74) is 1.02. The fourth-order valence-electron chi connectivity index (χ4n) is 1.58. The summed E-state index contributed by atoms with van der Waals surface area (Å²) >= 11 is 0. The monoisotopic (exact) mass is 254 g/mol. The molecule has 0 aliphatic heterocycles. The maximum atomic E-state index is 12.0. The van der Waals surface area contributed by atoms with Gasteiger partial charge in [-0.15, -0.1) is 6.58 Å². The number of hydrogen-bond donors (Lipinski definition) is 1. The van der Waals surface area contributed by atoms with Gasteiger partial charge in [0.15, 0.2) is 9.84 Å². The van der Waals surface area contributed by atoms with Gasteiger partial charge in [-0.2, -0.15) is 0 Å². The van der Waals surface area contributed by atoms with E-state index in [0.717, 1.165) is 5.56 Å². The highest BCUT2D eigenvalue weighted by atomic mass is 32.2. The number of aryl methyl sites for hydroxylation is 1.